The standard InChI is InChI=1S/C14H22BrN/c1-3-7-13(2)16(11-10-15)12-14-8-5-4-6-9-14/h4-6,8-9,13H,3,7,10-12H2,1-2H3. The predicted molar refractivity (Wildman–Crippen MR) is 75.0 cm³/mol. The molecule has 0 aliphatic heterocycles. The van der Waals surface area contributed by atoms with Crippen molar-refractivity contribution in [1.29, 1.82) is 0 Å². The predicted octanol–water partition coefficient (Wildman–Crippen LogP) is 4.07. The average molecular weight is 284 g/mol. The molecule has 0 aromatic heterocycles. The van der Waals surface area contributed by atoms with Gasteiger partial charge in [-0.05, 0) is 18.9 Å². The highest BCUT2D eigenvalue weighted by Crippen LogP contribution is 2.12. The van der Waals surface area contributed by atoms with Crippen molar-refractivity contribution in [3.05, 3.63) is 35.9 Å². The molecule has 0 aliphatic rings. The molecule has 1 rings (SSSR count). The molecule has 2 heteroatoms. The summed E-state index contributed by atoms with van der Waals surface area (Å²) in [5.41, 5.74) is 1.41. The van der Waals surface area contributed by atoms with Gasteiger partial charge in [0.25, 0.3) is 0 Å². The fourth-order valence-corrected chi connectivity index (χ4v) is 2.44. The molecule has 0 radical (unpaired) electrons. The Balaban J connectivity index is 2.57. The van der Waals surface area contributed by atoms with Crippen LogP contribution in [0.25, 0.3) is 0 Å². The third kappa shape index (κ3) is 4.67. The van der Waals surface area contributed by atoms with E-state index in [1.54, 1.807) is 0 Å². The van der Waals surface area contributed by atoms with E-state index < -0.39 is 0 Å². The minimum absolute atomic E-state index is 0.669. The van der Waals surface area contributed by atoms with Gasteiger partial charge in [0, 0.05) is 24.5 Å². The Kier molecular flexibility index (Phi) is 6.74. The normalized spacial score (nSPS) is 13.0. The number of rotatable bonds is 7. The smallest absolute Gasteiger partial charge is 0.0236 e. The maximum absolute atomic E-state index is 3.54. The van der Waals surface area contributed by atoms with E-state index in [-0.39, 0.29) is 0 Å². The molecule has 16 heavy (non-hydrogen) atoms. The van der Waals surface area contributed by atoms with Crippen molar-refractivity contribution < 1.29 is 0 Å². The summed E-state index contributed by atoms with van der Waals surface area (Å²) in [6.07, 6.45) is 2.54. The van der Waals surface area contributed by atoms with E-state index in [2.05, 4.69) is 65.0 Å². The molecule has 1 unspecified atom stereocenters. The van der Waals surface area contributed by atoms with Crippen LogP contribution in [0.3, 0.4) is 0 Å². The summed E-state index contributed by atoms with van der Waals surface area (Å²) in [6.45, 7) is 6.77. The zero-order valence-corrected chi connectivity index (χ0v) is 11.9. The summed E-state index contributed by atoms with van der Waals surface area (Å²) < 4.78 is 0. The Labute approximate surface area is 108 Å². The number of hydrogen-bond acceptors (Lipinski definition) is 1. The first-order valence-electron chi connectivity index (χ1n) is 6.11. The average Bonchev–Trinajstić information content (AvgIpc) is 2.30. The number of alkyl halides is 1. The highest BCUT2D eigenvalue weighted by Gasteiger charge is 2.12. The van der Waals surface area contributed by atoms with Gasteiger partial charge < -0.3 is 0 Å². The van der Waals surface area contributed by atoms with E-state index in [9.17, 15) is 0 Å². The van der Waals surface area contributed by atoms with Gasteiger partial charge in [0.15, 0.2) is 0 Å². The second-order valence-electron chi connectivity index (χ2n) is 4.28. The van der Waals surface area contributed by atoms with Crippen molar-refractivity contribution >= 4 is 15.9 Å². The van der Waals surface area contributed by atoms with Crippen LogP contribution in [0, 0.1) is 0 Å². The van der Waals surface area contributed by atoms with Gasteiger partial charge in [0.05, 0.1) is 0 Å². The third-order valence-corrected chi connectivity index (χ3v) is 3.28. The summed E-state index contributed by atoms with van der Waals surface area (Å²) in [4.78, 5) is 2.55. The van der Waals surface area contributed by atoms with Crippen molar-refractivity contribution in [3.8, 4) is 0 Å². The van der Waals surface area contributed by atoms with E-state index in [0.29, 0.717) is 6.04 Å². The fourth-order valence-electron chi connectivity index (χ4n) is 1.98. The van der Waals surface area contributed by atoms with Gasteiger partial charge >= 0.3 is 0 Å². The van der Waals surface area contributed by atoms with Crippen molar-refractivity contribution in [2.75, 3.05) is 11.9 Å². The summed E-state index contributed by atoms with van der Waals surface area (Å²) in [5, 5.41) is 1.05. The van der Waals surface area contributed by atoms with Gasteiger partial charge in [0.2, 0.25) is 0 Å². The summed E-state index contributed by atoms with van der Waals surface area (Å²) in [7, 11) is 0. The molecular formula is C14H22BrN. The Morgan fingerprint density at radius 2 is 1.94 bits per heavy atom. The maximum atomic E-state index is 3.54. The van der Waals surface area contributed by atoms with E-state index >= 15 is 0 Å². The van der Waals surface area contributed by atoms with Gasteiger partial charge in [-0.15, -0.1) is 0 Å². The van der Waals surface area contributed by atoms with Crippen molar-refractivity contribution in [1.82, 2.24) is 4.90 Å². The van der Waals surface area contributed by atoms with Crippen LogP contribution in [0.4, 0.5) is 0 Å². The van der Waals surface area contributed by atoms with Crippen LogP contribution in [0.2, 0.25) is 0 Å². The Morgan fingerprint density at radius 3 is 2.50 bits per heavy atom. The number of benzene rings is 1. The molecule has 0 aliphatic carbocycles. The Bertz CT molecular complexity index is 273. The monoisotopic (exact) mass is 283 g/mol. The van der Waals surface area contributed by atoms with Gasteiger partial charge in [-0.25, -0.2) is 0 Å². The zero-order valence-electron chi connectivity index (χ0n) is 10.3. The Morgan fingerprint density at radius 1 is 1.25 bits per heavy atom. The topological polar surface area (TPSA) is 3.24 Å². The third-order valence-electron chi connectivity index (χ3n) is 2.93. The highest BCUT2D eigenvalue weighted by atomic mass is 79.9. The minimum atomic E-state index is 0.669. The van der Waals surface area contributed by atoms with Crippen molar-refractivity contribution in [2.45, 2.75) is 39.3 Å². The second-order valence-corrected chi connectivity index (χ2v) is 5.08. The lowest BCUT2D eigenvalue weighted by atomic mass is 10.1. The molecule has 1 aromatic carbocycles. The van der Waals surface area contributed by atoms with Crippen LogP contribution in [-0.4, -0.2) is 22.8 Å². The minimum Gasteiger partial charge on any atom is -0.296 e. The first kappa shape index (κ1) is 13.7. The molecule has 0 spiro atoms. The van der Waals surface area contributed by atoms with Crippen LogP contribution in [0.5, 0.6) is 0 Å². The molecule has 1 atom stereocenters. The number of nitrogens with zero attached hydrogens (tertiary/aromatic N) is 1. The lowest BCUT2D eigenvalue weighted by molar-refractivity contribution is 0.202. The van der Waals surface area contributed by atoms with Crippen molar-refractivity contribution in [2.24, 2.45) is 0 Å². The van der Waals surface area contributed by atoms with Crippen LogP contribution in [0.15, 0.2) is 30.3 Å². The van der Waals surface area contributed by atoms with Gasteiger partial charge in [-0.2, -0.15) is 0 Å². The highest BCUT2D eigenvalue weighted by molar-refractivity contribution is 9.09. The summed E-state index contributed by atoms with van der Waals surface area (Å²) >= 11 is 3.54. The lowest BCUT2D eigenvalue weighted by Crippen LogP contribution is -2.34. The van der Waals surface area contributed by atoms with Crippen LogP contribution in [-0.2, 0) is 6.54 Å². The first-order chi connectivity index (χ1) is 7.77. The molecule has 1 nitrogen and oxygen atoms in total. The van der Waals surface area contributed by atoms with Crippen LogP contribution in [0.1, 0.15) is 32.3 Å². The molecule has 0 N–H and O–H groups in total. The molecule has 0 bridgehead atoms. The molecule has 0 saturated heterocycles. The summed E-state index contributed by atoms with van der Waals surface area (Å²) in [6, 6.07) is 11.4. The molecule has 1 aromatic rings. The van der Waals surface area contributed by atoms with E-state index in [1.165, 1.54) is 18.4 Å². The first-order valence-corrected chi connectivity index (χ1v) is 7.24. The lowest BCUT2D eigenvalue weighted by Gasteiger charge is -2.28. The van der Waals surface area contributed by atoms with E-state index in [4.69, 9.17) is 0 Å². The molecule has 0 saturated carbocycles. The largest absolute Gasteiger partial charge is 0.296 e. The summed E-state index contributed by atoms with van der Waals surface area (Å²) in [5.74, 6) is 0. The molecule has 0 fully saturated rings. The van der Waals surface area contributed by atoms with E-state index in [0.717, 1.165) is 18.4 Å². The van der Waals surface area contributed by atoms with Crippen LogP contribution >= 0.6 is 15.9 Å². The Hall–Kier alpha value is -0.340. The molecule has 0 amide bonds. The second kappa shape index (κ2) is 7.86. The maximum Gasteiger partial charge on any atom is 0.0236 e. The van der Waals surface area contributed by atoms with E-state index in [1.807, 2.05) is 0 Å². The molecule has 0 heterocycles. The fraction of sp³-hybridized carbons (Fsp3) is 0.571. The van der Waals surface area contributed by atoms with Crippen molar-refractivity contribution in [3.63, 3.8) is 0 Å². The van der Waals surface area contributed by atoms with Crippen LogP contribution < -0.4 is 0 Å². The SMILES string of the molecule is CCCC(C)N(CCBr)Cc1ccccc1. The number of halogens is 1. The molecule has 90 valence electrons. The van der Waals surface area contributed by atoms with Gasteiger partial charge in [0.1, 0.15) is 0 Å². The zero-order chi connectivity index (χ0) is 11.8. The quantitative estimate of drug-likeness (QED) is 0.682. The molecular weight excluding hydrogens is 262 g/mol. The number of hydrogen-bond donors (Lipinski definition) is 0. The van der Waals surface area contributed by atoms with Gasteiger partial charge in [-0.1, -0.05) is 59.6 Å². The van der Waals surface area contributed by atoms with Gasteiger partial charge in [-0.3, -0.25) is 4.90 Å².